The van der Waals surface area contributed by atoms with E-state index in [9.17, 15) is 9.90 Å². The maximum Gasteiger partial charge on any atom is 0.314 e. The molecule has 1 N–H and O–H groups in total. The Hall–Kier alpha value is -1.22. The van der Waals surface area contributed by atoms with E-state index >= 15 is 0 Å². The van der Waals surface area contributed by atoms with Crippen molar-refractivity contribution in [2.75, 3.05) is 7.11 Å². The fourth-order valence-corrected chi connectivity index (χ4v) is 2.94. The first-order chi connectivity index (χ1) is 8.10. The van der Waals surface area contributed by atoms with Crippen LogP contribution >= 0.6 is 11.6 Å². The predicted octanol–water partition coefficient (Wildman–Crippen LogP) is 3.25. The van der Waals surface area contributed by atoms with Gasteiger partial charge in [-0.15, -0.1) is 0 Å². The van der Waals surface area contributed by atoms with Crippen LogP contribution < -0.4 is 4.74 Å². The molecule has 1 aromatic carbocycles. The standard InChI is InChI=1S/C13H15ClO3/c1-17-9-4-5-10(11(14)8-9)13(12(15)16)6-2-3-7-13/h4-5,8H,2-3,6-7H2,1H3,(H,15,16). The highest BCUT2D eigenvalue weighted by Gasteiger charge is 2.44. The molecule has 0 saturated heterocycles. The second kappa shape index (κ2) is 4.57. The maximum absolute atomic E-state index is 11.5. The second-order valence-corrected chi connectivity index (χ2v) is 4.85. The number of ether oxygens (including phenoxy) is 1. The minimum absolute atomic E-state index is 0.480. The molecule has 1 aliphatic carbocycles. The van der Waals surface area contributed by atoms with Crippen LogP contribution in [0.2, 0.25) is 5.02 Å². The van der Waals surface area contributed by atoms with Crippen molar-refractivity contribution in [3.8, 4) is 5.75 Å². The number of carboxylic acid groups (broad SMARTS) is 1. The average molecular weight is 255 g/mol. The molecule has 0 amide bonds. The van der Waals surface area contributed by atoms with E-state index in [1.807, 2.05) is 0 Å². The van der Waals surface area contributed by atoms with Gasteiger partial charge < -0.3 is 9.84 Å². The zero-order valence-electron chi connectivity index (χ0n) is 9.70. The van der Waals surface area contributed by atoms with E-state index in [4.69, 9.17) is 16.3 Å². The van der Waals surface area contributed by atoms with Gasteiger partial charge in [-0.1, -0.05) is 30.5 Å². The molecule has 1 saturated carbocycles. The van der Waals surface area contributed by atoms with Crippen LogP contribution in [0.1, 0.15) is 31.2 Å². The maximum atomic E-state index is 11.5. The summed E-state index contributed by atoms with van der Waals surface area (Å²) in [6.45, 7) is 0. The normalized spacial score (nSPS) is 18.0. The Kier molecular flexibility index (Phi) is 3.29. The Morgan fingerprint density at radius 3 is 2.53 bits per heavy atom. The number of carbonyl (C=O) groups is 1. The SMILES string of the molecule is COc1ccc(C2(C(=O)O)CCCC2)c(Cl)c1. The van der Waals surface area contributed by atoms with Crippen LogP contribution in [-0.4, -0.2) is 18.2 Å². The Morgan fingerprint density at radius 1 is 1.41 bits per heavy atom. The van der Waals surface area contributed by atoms with Crippen LogP contribution in [0.25, 0.3) is 0 Å². The van der Waals surface area contributed by atoms with Gasteiger partial charge in [0.05, 0.1) is 12.5 Å². The first-order valence-electron chi connectivity index (χ1n) is 5.67. The predicted molar refractivity (Wildman–Crippen MR) is 65.8 cm³/mol. The first kappa shape index (κ1) is 12.2. The van der Waals surface area contributed by atoms with E-state index in [0.717, 1.165) is 12.8 Å². The summed E-state index contributed by atoms with van der Waals surface area (Å²) in [5.41, 5.74) is -0.0893. The lowest BCUT2D eigenvalue weighted by Gasteiger charge is -2.25. The summed E-state index contributed by atoms with van der Waals surface area (Å²) >= 11 is 6.18. The van der Waals surface area contributed by atoms with Crippen molar-refractivity contribution >= 4 is 17.6 Å². The van der Waals surface area contributed by atoms with Gasteiger partial charge in [-0.25, -0.2) is 0 Å². The molecule has 0 heterocycles. The van der Waals surface area contributed by atoms with Crippen molar-refractivity contribution in [1.29, 1.82) is 0 Å². The van der Waals surface area contributed by atoms with Crippen molar-refractivity contribution in [2.45, 2.75) is 31.1 Å². The molecule has 2 rings (SSSR count). The van der Waals surface area contributed by atoms with Crippen LogP contribution in [0.15, 0.2) is 18.2 Å². The highest BCUT2D eigenvalue weighted by Crippen LogP contribution is 2.44. The topological polar surface area (TPSA) is 46.5 Å². The van der Waals surface area contributed by atoms with Crippen molar-refractivity contribution < 1.29 is 14.6 Å². The van der Waals surface area contributed by atoms with Crippen LogP contribution in [0, 0.1) is 0 Å². The molecule has 0 bridgehead atoms. The molecular weight excluding hydrogens is 240 g/mol. The molecule has 0 radical (unpaired) electrons. The molecule has 0 unspecified atom stereocenters. The van der Waals surface area contributed by atoms with Gasteiger partial charge in [0.1, 0.15) is 5.75 Å². The van der Waals surface area contributed by atoms with E-state index in [2.05, 4.69) is 0 Å². The van der Waals surface area contributed by atoms with Crippen molar-refractivity contribution in [2.24, 2.45) is 0 Å². The Balaban J connectivity index is 2.47. The van der Waals surface area contributed by atoms with E-state index in [1.165, 1.54) is 0 Å². The minimum atomic E-state index is -0.802. The first-order valence-corrected chi connectivity index (χ1v) is 6.05. The quantitative estimate of drug-likeness (QED) is 0.901. The van der Waals surface area contributed by atoms with Gasteiger partial charge in [0, 0.05) is 5.02 Å². The van der Waals surface area contributed by atoms with Crippen LogP contribution in [0.5, 0.6) is 5.75 Å². The van der Waals surface area contributed by atoms with Gasteiger partial charge in [0.15, 0.2) is 0 Å². The lowest BCUT2D eigenvalue weighted by molar-refractivity contribution is -0.143. The second-order valence-electron chi connectivity index (χ2n) is 4.44. The number of hydrogen-bond donors (Lipinski definition) is 1. The molecule has 0 spiro atoms. The molecule has 1 aliphatic rings. The summed E-state index contributed by atoms with van der Waals surface area (Å²) in [7, 11) is 1.56. The zero-order chi connectivity index (χ0) is 12.5. The molecular formula is C13H15ClO3. The van der Waals surface area contributed by atoms with E-state index in [-0.39, 0.29) is 0 Å². The number of benzene rings is 1. The summed E-state index contributed by atoms with van der Waals surface area (Å²) in [4.78, 5) is 11.5. The fraction of sp³-hybridized carbons (Fsp3) is 0.462. The van der Waals surface area contributed by atoms with Crippen LogP contribution in [0.3, 0.4) is 0 Å². The van der Waals surface area contributed by atoms with E-state index < -0.39 is 11.4 Å². The summed E-state index contributed by atoms with van der Waals surface area (Å²) in [6.07, 6.45) is 3.20. The summed E-state index contributed by atoms with van der Waals surface area (Å²) < 4.78 is 5.07. The summed E-state index contributed by atoms with van der Waals surface area (Å²) in [5.74, 6) is -0.126. The van der Waals surface area contributed by atoms with Crippen molar-refractivity contribution in [3.63, 3.8) is 0 Å². The van der Waals surface area contributed by atoms with Gasteiger partial charge >= 0.3 is 5.97 Å². The minimum Gasteiger partial charge on any atom is -0.497 e. The van der Waals surface area contributed by atoms with Gasteiger partial charge in [-0.3, -0.25) is 4.79 Å². The van der Waals surface area contributed by atoms with Gasteiger partial charge in [-0.05, 0) is 30.5 Å². The molecule has 92 valence electrons. The monoisotopic (exact) mass is 254 g/mol. The number of carboxylic acids is 1. The molecule has 0 aromatic heterocycles. The largest absolute Gasteiger partial charge is 0.497 e. The summed E-state index contributed by atoms with van der Waals surface area (Å²) in [6, 6.07) is 5.23. The molecule has 1 aromatic rings. The number of hydrogen-bond acceptors (Lipinski definition) is 2. The Labute approximate surface area is 105 Å². The van der Waals surface area contributed by atoms with Gasteiger partial charge in [0.25, 0.3) is 0 Å². The molecule has 17 heavy (non-hydrogen) atoms. The zero-order valence-corrected chi connectivity index (χ0v) is 10.5. The van der Waals surface area contributed by atoms with E-state index in [1.54, 1.807) is 25.3 Å². The van der Waals surface area contributed by atoms with Gasteiger partial charge in [0.2, 0.25) is 0 Å². The number of methoxy groups -OCH3 is 1. The average Bonchev–Trinajstić information content (AvgIpc) is 2.79. The third kappa shape index (κ3) is 2.00. The Bertz CT molecular complexity index is 436. The number of halogens is 1. The van der Waals surface area contributed by atoms with Crippen LogP contribution in [0.4, 0.5) is 0 Å². The third-order valence-corrected chi connectivity index (χ3v) is 3.87. The lowest BCUT2D eigenvalue weighted by atomic mass is 9.79. The highest BCUT2D eigenvalue weighted by molar-refractivity contribution is 6.32. The van der Waals surface area contributed by atoms with Crippen LogP contribution in [-0.2, 0) is 10.2 Å². The smallest absolute Gasteiger partial charge is 0.314 e. The molecule has 1 fully saturated rings. The van der Waals surface area contributed by atoms with Crippen molar-refractivity contribution in [1.82, 2.24) is 0 Å². The number of aliphatic carboxylic acids is 1. The molecule has 0 aliphatic heterocycles. The van der Waals surface area contributed by atoms with E-state index in [0.29, 0.717) is 29.2 Å². The number of rotatable bonds is 3. The van der Waals surface area contributed by atoms with Gasteiger partial charge in [-0.2, -0.15) is 0 Å². The summed E-state index contributed by atoms with van der Waals surface area (Å²) in [5, 5.41) is 9.96. The highest BCUT2D eigenvalue weighted by atomic mass is 35.5. The molecule has 4 heteroatoms. The molecule has 0 atom stereocenters. The Morgan fingerprint density at radius 2 is 2.06 bits per heavy atom. The fourth-order valence-electron chi connectivity index (χ4n) is 2.59. The third-order valence-electron chi connectivity index (χ3n) is 3.56. The van der Waals surface area contributed by atoms with Crippen molar-refractivity contribution in [3.05, 3.63) is 28.8 Å². The molecule has 3 nitrogen and oxygen atoms in total. The lowest BCUT2D eigenvalue weighted by Crippen LogP contribution is -2.32.